The van der Waals surface area contributed by atoms with Gasteiger partial charge in [-0.25, -0.2) is 0 Å². The first kappa shape index (κ1) is 13.7. The summed E-state index contributed by atoms with van der Waals surface area (Å²) in [4.78, 5) is 0. The van der Waals surface area contributed by atoms with Crippen molar-refractivity contribution in [2.45, 2.75) is 32.4 Å². The van der Waals surface area contributed by atoms with E-state index in [9.17, 15) is 13.2 Å². The van der Waals surface area contributed by atoms with Crippen molar-refractivity contribution in [3.63, 3.8) is 0 Å². The van der Waals surface area contributed by atoms with Crippen LogP contribution in [0.1, 0.15) is 26.2 Å². The summed E-state index contributed by atoms with van der Waals surface area (Å²) in [7, 11) is 0. The molecule has 2 nitrogen and oxygen atoms in total. The van der Waals surface area contributed by atoms with Gasteiger partial charge in [-0.1, -0.05) is 6.92 Å². The fourth-order valence-corrected chi connectivity index (χ4v) is 1.01. The monoisotopic (exact) mass is 212 g/mol. The van der Waals surface area contributed by atoms with Gasteiger partial charge in [0.05, 0.1) is 0 Å². The quantitative estimate of drug-likeness (QED) is 0.632. The Bertz CT molecular complexity index is 137. The maximum absolute atomic E-state index is 11.7. The largest absolute Gasteiger partial charge is 0.389 e. The van der Waals surface area contributed by atoms with Gasteiger partial charge in [0.25, 0.3) is 0 Å². The highest BCUT2D eigenvalue weighted by atomic mass is 19.4. The van der Waals surface area contributed by atoms with Crippen molar-refractivity contribution in [2.75, 3.05) is 19.6 Å². The molecule has 0 amide bonds. The molecule has 0 aromatic rings. The molecule has 0 aliphatic rings. The van der Waals surface area contributed by atoms with E-state index in [1.54, 1.807) is 0 Å². The minimum absolute atomic E-state index is 0.153. The third kappa shape index (κ3) is 9.80. The number of halogens is 3. The number of hydrogen-bond donors (Lipinski definition) is 2. The standard InChI is InChI=1S/C9H19F3N2/c1-8(7-13)3-6-14-5-2-4-9(10,11)12/h8,14H,2-7,13H2,1H3. The second kappa shape index (κ2) is 7.06. The summed E-state index contributed by atoms with van der Waals surface area (Å²) in [5, 5.41) is 2.97. The molecule has 0 bridgehead atoms. The van der Waals surface area contributed by atoms with Gasteiger partial charge in [0.2, 0.25) is 0 Å². The van der Waals surface area contributed by atoms with Crippen molar-refractivity contribution >= 4 is 0 Å². The lowest BCUT2D eigenvalue weighted by Gasteiger charge is -2.09. The molecule has 0 saturated heterocycles. The van der Waals surface area contributed by atoms with Crippen LogP contribution in [0.3, 0.4) is 0 Å². The van der Waals surface area contributed by atoms with Crippen LogP contribution < -0.4 is 11.1 Å². The maximum Gasteiger partial charge on any atom is 0.389 e. The fourth-order valence-electron chi connectivity index (χ4n) is 1.01. The molecule has 0 fully saturated rings. The van der Waals surface area contributed by atoms with Gasteiger partial charge in [0.1, 0.15) is 0 Å². The van der Waals surface area contributed by atoms with Gasteiger partial charge >= 0.3 is 6.18 Å². The van der Waals surface area contributed by atoms with Gasteiger partial charge in [-0.3, -0.25) is 0 Å². The molecule has 0 aliphatic heterocycles. The molecule has 0 radical (unpaired) electrons. The zero-order valence-electron chi connectivity index (χ0n) is 8.53. The van der Waals surface area contributed by atoms with Crippen molar-refractivity contribution < 1.29 is 13.2 Å². The molecule has 86 valence electrons. The zero-order chi connectivity index (χ0) is 11.0. The van der Waals surface area contributed by atoms with E-state index in [0.29, 0.717) is 19.0 Å². The van der Waals surface area contributed by atoms with E-state index < -0.39 is 12.6 Å². The first-order valence-electron chi connectivity index (χ1n) is 4.93. The Morgan fingerprint density at radius 3 is 2.43 bits per heavy atom. The second-order valence-corrected chi connectivity index (χ2v) is 3.60. The molecular weight excluding hydrogens is 193 g/mol. The first-order chi connectivity index (χ1) is 6.45. The summed E-state index contributed by atoms with van der Waals surface area (Å²) in [5.74, 6) is 0.435. The average Bonchev–Trinajstić information content (AvgIpc) is 2.08. The molecule has 0 saturated carbocycles. The smallest absolute Gasteiger partial charge is 0.330 e. The van der Waals surface area contributed by atoms with Gasteiger partial charge in [0, 0.05) is 6.42 Å². The molecule has 0 aromatic heterocycles. The third-order valence-electron chi connectivity index (χ3n) is 2.03. The van der Waals surface area contributed by atoms with Gasteiger partial charge < -0.3 is 11.1 Å². The summed E-state index contributed by atoms with van der Waals surface area (Å²) in [5.41, 5.74) is 5.39. The molecular formula is C9H19F3N2. The second-order valence-electron chi connectivity index (χ2n) is 3.60. The predicted molar refractivity (Wildman–Crippen MR) is 51.0 cm³/mol. The van der Waals surface area contributed by atoms with Crippen LogP contribution in [0.15, 0.2) is 0 Å². The van der Waals surface area contributed by atoms with E-state index in [1.807, 2.05) is 6.92 Å². The van der Waals surface area contributed by atoms with E-state index in [2.05, 4.69) is 5.32 Å². The Morgan fingerprint density at radius 1 is 1.29 bits per heavy atom. The van der Waals surface area contributed by atoms with Crippen molar-refractivity contribution in [3.05, 3.63) is 0 Å². The van der Waals surface area contributed by atoms with E-state index in [-0.39, 0.29) is 6.42 Å². The third-order valence-corrected chi connectivity index (χ3v) is 2.03. The van der Waals surface area contributed by atoms with Crippen LogP contribution in [0.5, 0.6) is 0 Å². The highest BCUT2D eigenvalue weighted by Crippen LogP contribution is 2.20. The van der Waals surface area contributed by atoms with Crippen molar-refractivity contribution in [3.8, 4) is 0 Å². The first-order valence-corrected chi connectivity index (χ1v) is 4.93. The highest BCUT2D eigenvalue weighted by Gasteiger charge is 2.25. The Labute approximate surface area is 83.0 Å². The average molecular weight is 212 g/mol. The van der Waals surface area contributed by atoms with Crippen molar-refractivity contribution in [1.29, 1.82) is 0 Å². The molecule has 0 aliphatic carbocycles. The molecule has 0 heterocycles. The van der Waals surface area contributed by atoms with Gasteiger partial charge in [-0.15, -0.1) is 0 Å². The maximum atomic E-state index is 11.7. The molecule has 1 unspecified atom stereocenters. The van der Waals surface area contributed by atoms with E-state index in [4.69, 9.17) is 5.73 Å². The fraction of sp³-hybridized carbons (Fsp3) is 1.00. The van der Waals surface area contributed by atoms with Gasteiger partial charge in [0.15, 0.2) is 0 Å². The lowest BCUT2D eigenvalue weighted by Crippen LogP contribution is -2.22. The normalized spacial score (nSPS) is 14.4. The number of rotatable bonds is 7. The number of nitrogens with one attached hydrogen (secondary N) is 1. The molecule has 14 heavy (non-hydrogen) atoms. The Balaban J connectivity index is 3.14. The summed E-state index contributed by atoms with van der Waals surface area (Å²) in [6, 6.07) is 0. The Hall–Kier alpha value is -0.290. The van der Waals surface area contributed by atoms with E-state index in [0.717, 1.165) is 13.0 Å². The minimum Gasteiger partial charge on any atom is -0.330 e. The molecule has 3 N–H and O–H groups in total. The minimum atomic E-state index is -4.02. The lowest BCUT2D eigenvalue weighted by molar-refractivity contribution is -0.135. The molecule has 0 aromatic carbocycles. The van der Waals surface area contributed by atoms with Crippen LogP contribution in [0.4, 0.5) is 13.2 Å². The summed E-state index contributed by atoms with van der Waals surface area (Å²) >= 11 is 0. The van der Waals surface area contributed by atoms with Crippen LogP contribution in [0.25, 0.3) is 0 Å². The summed E-state index contributed by atoms with van der Waals surface area (Å²) < 4.78 is 35.1. The lowest BCUT2D eigenvalue weighted by atomic mass is 10.1. The van der Waals surface area contributed by atoms with Gasteiger partial charge in [-0.05, 0) is 38.4 Å². The number of nitrogens with two attached hydrogens (primary N) is 1. The Kier molecular flexibility index (Phi) is 6.92. The molecule has 5 heteroatoms. The number of hydrogen-bond acceptors (Lipinski definition) is 2. The van der Waals surface area contributed by atoms with Crippen LogP contribution in [0.2, 0.25) is 0 Å². The van der Waals surface area contributed by atoms with Crippen LogP contribution in [-0.4, -0.2) is 25.8 Å². The van der Waals surface area contributed by atoms with E-state index >= 15 is 0 Å². The summed E-state index contributed by atoms with van der Waals surface area (Å²) in [6.07, 6.45) is -3.65. The van der Waals surface area contributed by atoms with Crippen LogP contribution in [-0.2, 0) is 0 Å². The van der Waals surface area contributed by atoms with Crippen molar-refractivity contribution in [1.82, 2.24) is 5.32 Å². The zero-order valence-corrected chi connectivity index (χ0v) is 8.53. The highest BCUT2D eigenvalue weighted by molar-refractivity contribution is 4.57. The molecule has 1 atom stereocenters. The number of alkyl halides is 3. The Morgan fingerprint density at radius 2 is 1.93 bits per heavy atom. The van der Waals surface area contributed by atoms with Gasteiger partial charge in [-0.2, -0.15) is 13.2 Å². The SMILES string of the molecule is CC(CN)CCNCCCC(F)(F)F. The van der Waals surface area contributed by atoms with Crippen LogP contribution in [0, 0.1) is 5.92 Å². The van der Waals surface area contributed by atoms with Crippen LogP contribution >= 0.6 is 0 Å². The molecule has 0 rings (SSSR count). The topological polar surface area (TPSA) is 38.0 Å². The predicted octanol–water partition coefficient (Wildman–Crippen LogP) is 1.90. The van der Waals surface area contributed by atoms with E-state index in [1.165, 1.54) is 0 Å². The summed E-state index contributed by atoms with van der Waals surface area (Å²) in [6.45, 7) is 3.83. The molecule has 0 spiro atoms. The van der Waals surface area contributed by atoms with Crippen molar-refractivity contribution in [2.24, 2.45) is 11.7 Å².